The van der Waals surface area contributed by atoms with Gasteiger partial charge in [-0.3, -0.25) is 14.6 Å². The number of benzene rings is 1. The molecule has 0 unspecified atom stereocenters. The van der Waals surface area contributed by atoms with Crippen molar-refractivity contribution < 1.29 is 4.79 Å². The molecule has 2 heterocycles. The first-order valence-electron chi connectivity index (χ1n) is 8.49. The summed E-state index contributed by atoms with van der Waals surface area (Å²) < 4.78 is 0. The van der Waals surface area contributed by atoms with Crippen LogP contribution >= 0.6 is 11.6 Å². The number of carbonyl (C=O) groups excluding carboxylic acids is 1. The first-order valence-corrected chi connectivity index (χ1v) is 8.87. The number of hydrogen-bond acceptors (Lipinski definition) is 3. The van der Waals surface area contributed by atoms with E-state index in [1.807, 2.05) is 17.0 Å². The summed E-state index contributed by atoms with van der Waals surface area (Å²) in [5.41, 5.74) is 1.32. The molecule has 0 N–H and O–H groups in total. The smallest absolute Gasteiger partial charge is 0.219 e. The molecule has 1 aromatic rings. The minimum absolute atomic E-state index is 0.202. The Bertz CT molecular complexity index is 540. The zero-order valence-electron chi connectivity index (χ0n) is 14.0. The van der Waals surface area contributed by atoms with Crippen LogP contribution in [0.25, 0.3) is 0 Å². The van der Waals surface area contributed by atoms with Crippen molar-refractivity contribution in [2.75, 3.05) is 39.3 Å². The van der Waals surface area contributed by atoms with Crippen LogP contribution in [-0.4, -0.2) is 65.9 Å². The highest BCUT2D eigenvalue weighted by Crippen LogP contribution is 2.24. The summed E-state index contributed by atoms with van der Waals surface area (Å²) in [6.45, 7) is 11.0. The van der Waals surface area contributed by atoms with Crippen molar-refractivity contribution in [2.24, 2.45) is 5.92 Å². The Morgan fingerprint density at radius 1 is 1.13 bits per heavy atom. The van der Waals surface area contributed by atoms with Gasteiger partial charge in [0.05, 0.1) is 0 Å². The maximum atomic E-state index is 11.5. The van der Waals surface area contributed by atoms with Gasteiger partial charge in [0.2, 0.25) is 5.91 Å². The molecule has 0 aliphatic carbocycles. The molecule has 23 heavy (non-hydrogen) atoms. The number of halogens is 1. The van der Waals surface area contributed by atoms with Gasteiger partial charge in [0.15, 0.2) is 0 Å². The van der Waals surface area contributed by atoms with Crippen LogP contribution in [0.4, 0.5) is 0 Å². The number of hydrogen-bond donors (Lipinski definition) is 0. The van der Waals surface area contributed by atoms with Crippen molar-refractivity contribution >= 4 is 17.5 Å². The molecule has 0 bridgehead atoms. The summed E-state index contributed by atoms with van der Waals surface area (Å²) in [6, 6.07) is 8.78. The molecule has 0 radical (unpaired) electrons. The third-order valence-corrected chi connectivity index (χ3v) is 5.45. The fourth-order valence-electron chi connectivity index (χ4n) is 3.87. The van der Waals surface area contributed by atoms with Gasteiger partial charge >= 0.3 is 0 Å². The second-order valence-corrected chi connectivity index (χ2v) is 7.34. The van der Waals surface area contributed by atoms with Gasteiger partial charge in [0, 0.05) is 63.8 Å². The molecule has 4 nitrogen and oxygen atoms in total. The Kier molecular flexibility index (Phi) is 5.24. The lowest BCUT2D eigenvalue weighted by Gasteiger charge is -2.39. The molecule has 0 aromatic heterocycles. The third-order valence-electron chi connectivity index (χ3n) is 5.20. The van der Waals surface area contributed by atoms with E-state index in [2.05, 4.69) is 28.9 Å². The number of amides is 1. The fourth-order valence-corrected chi connectivity index (χ4v) is 3.99. The van der Waals surface area contributed by atoms with E-state index in [0.29, 0.717) is 12.0 Å². The predicted molar refractivity (Wildman–Crippen MR) is 93.5 cm³/mol. The van der Waals surface area contributed by atoms with E-state index in [1.165, 1.54) is 5.56 Å². The van der Waals surface area contributed by atoms with Crippen LogP contribution in [0.2, 0.25) is 5.02 Å². The van der Waals surface area contributed by atoms with Crippen molar-refractivity contribution in [1.29, 1.82) is 0 Å². The van der Waals surface area contributed by atoms with Crippen LogP contribution in [0.3, 0.4) is 0 Å². The van der Waals surface area contributed by atoms with Crippen molar-refractivity contribution in [2.45, 2.75) is 26.4 Å². The van der Waals surface area contributed by atoms with Crippen molar-refractivity contribution in [3.63, 3.8) is 0 Å². The monoisotopic (exact) mass is 335 g/mol. The fraction of sp³-hybridized carbons (Fsp3) is 0.611. The first-order chi connectivity index (χ1) is 11.0. The predicted octanol–water partition coefficient (Wildman–Crippen LogP) is 2.32. The highest BCUT2D eigenvalue weighted by Gasteiger charge is 2.35. The third kappa shape index (κ3) is 4.06. The quantitative estimate of drug-likeness (QED) is 0.848. The average molecular weight is 336 g/mol. The number of piperazine rings is 1. The summed E-state index contributed by atoms with van der Waals surface area (Å²) >= 11 is 5.96. The molecular weight excluding hydrogens is 310 g/mol. The largest absolute Gasteiger partial charge is 0.340 e. The van der Waals surface area contributed by atoms with E-state index in [0.717, 1.165) is 50.8 Å². The molecule has 0 spiro atoms. The van der Waals surface area contributed by atoms with E-state index in [9.17, 15) is 4.79 Å². The Morgan fingerprint density at radius 3 is 2.39 bits per heavy atom. The van der Waals surface area contributed by atoms with Gasteiger partial charge in [-0.25, -0.2) is 0 Å². The molecule has 5 heteroatoms. The van der Waals surface area contributed by atoms with Gasteiger partial charge in [-0.15, -0.1) is 0 Å². The van der Waals surface area contributed by atoms with E-state index >= 15 is 0 Å². The average Bonchev–Trinajstić information content (AvgIpc) is 2.90. The number of nitrogens with zero attached hydrogens (tertiary/aromatic N) is 3. The van der Waals surface area contributed by atoms with Crippen LogP contribution in [-0.2, 0) is 11.3 Å². The van der Waals surface area contributed by atoms with Crippen LogP contribution in [0.15, 0.2) is 24.3 Å². The van der Waals surface area contributed by atoms with Gasteiger partial charge in [-0.1, -0.05) is 30.7 Å². The van der Waals surface area contributed by atoms with E-state index in [-0.39, 0.29) is 5.91 Å². The second kappa shape index (κ2) is 7.20. The van der Waals surface area contributed by atoms with Crippen molar-refractivity contribution in [3.8, 4) is 0 Å². The van der Waals surface area contributed by atoms with E-state index in [4.69, 9.17) is 11.6 Å². The zero-order valence-corrected chi connectivity index (χ0v) is 14.8. The van der Waals surface area contributed by atoms with Crippen LogP contribution in [0.1, 0.15) is 19.4 Å². The number of rotatable bonds is 3. The summed E-state index contributed by atoms with van der Waals surface area (Å²) in [4.78, 5) is 18.5. The normalized spacial score (nSPS) is 26.7. The van der Waals surface area contributed by atoms with Gasteiger partial charge in [-0.2, -0.15) is 0 Å². The summed E-state index contributed by atoms with van der Waals surface area (Å²) in [5, 5.41) is 0.796. The molecule has 2 aliphatic heterocycles. The lowest BCUT2D eigenvalue weighted by Crippen LogP contribution is -2.53. The van der Waals surface area contributed by atoms with Gasteiger partial charge in [0.25, 0.3) is 0 Å². The van der Waals surface area contributed by atoms with Crippen molar-refractivity contribution in [1.82, 2.24) is 14.7 Å². The molecule has 1 aromatic carbocycles. The summed E-state index contributed by atoms with van der Waals surface area (Å²) in [7, 11) is 0. The van der Waals surface area contributed by atoms with E-state index in [1.54, 1.807) is 6.92 Å². The highest BCUT2D eigenvalue weighted by molar-refractivity contribution is 6.30. The van der Waals surface area contributed by atoms with Crippen molar-refractivity contribution in [3.05, 3.63) is 34.9 Å². The topological polar surface area (TPSA) is 26.8 Å². The maximum absolute atomic E-state index is 11.5. The lowest BCUT2D eigenvalue weighted by atomic mass is 10.0. The molecule has 2 atom stereocenters. The van der Waals surface area contributed by atoms with Gasteiger partial charge < -0.3 is 4.90 Å². The molecule has 0 saturated carbocycles. The lowest BCUT2D eigenvalue weighted by molar-refractivity contribution is -0.130. The standard InChI is InChI=1S/C18H26ClN3O/c1-14-11-20(12-16-3-5-17(19)6-4-16)13-18(14)22-9-7-21(8-10-22)15(2)23/h3-6,14,18H,7-13H2,1-2H3/t14-,18-/m0/s1. The number of likely N-dealkylation sites (tertiary alicyclic amines) is 1. The molecule has 126 valence electrons. The molecular formula is C18H26ClN3O. The minimum Gasteiger partial charge on any atom is -0.340 e. The first kappa shape index (κ1) is 16.7. The SMILES string of the molecule is CC(=O)N1CCN([C@H]2CN(Cc3ccc(Cl)cc3)C[C@@H]2C)CC1. The maximum Gasteiger partial charge on any atom is 0.219 e. The molecule has 1 amide bonds. The van der Waals surface area contributed by atoms with E-state index < -0.39 is 0 Å². The summed E-state index contributed by atoms with van der Waals surface area (Å²) in [6.07, 6.45) is 0. The number of carbonyl (C=O) groups is 1. The van der Waals surface area contributed by atoms with Gasteiger partial charge in [0.1, 0.15) is 0 Å². The summed E-state index contributed by atoms with van der Waals surface area (Å²) in [5.74, 6) is 0.875. The van der Waals surface area contributed by atoms with Crippen LogP contribution in [0.5, 0.6) is 0 Å². The molecule has 2 aliphatic rings. The Hall–Kier alpha value is -1.10. The Labute approximate surface area is 144 Å². The van der Waals surface area contributed by atoms with Crippen LogP contribution in [0, 0.1) is 5.92 Å². The zero-order chi connectivity index (χ0) is 16.4. The van der Waals surface area contributed by atoms with Crippen LogP contribution < -0.4 is 0 Å². The van der Waals surface area contributed by atoms with Gasteiger partial charge in [-0.05, 0) is 23.6 Å². The Morgan fingerprint density at radius 2 is 1.78 bits per heavy atom. The Balaban J connectivity index is 1.54. The minimum atomic E-state index is 0.202. The molecule has 3 rings (SSSR count). The molecule has 2 fully saturated rings. The highest BCUT2D eigenvalue weighted by atomic mass is 35.5. The second-order valence-electron chi connectivity index (χ2n) is 6.91. The molecule has 2 saturated heterocycles.